The Bertz CT molecular complexity index is 265. The van der Waals surface area contributed by atoms with E-state index >= 15 is 0 Å². The van der Waals surface area contributed by atoms with Gasteiger partial charge in [0.25, 0.3) is 0 Å². The van der Waals surface area contributed by atoms with E-state index in [-0.39, 0.29) is 0 Å². The first kappa shape index (κ1) is 9.80. The Morgan fingerprint density at radius 1 is 1.62 bits per heavy atom. The van der Waals surface area contributed by atoms with Crippen LogP contribution < -0.4 is 10.6 Å². The first-order valence-corrected chi connectivity index (χ1v) is 4.16. The summed E-state index contributed by atoms with van der Waals surface area (Å²) in [6.07, 6.45) is 1.73. The molecule has 0 aromatic carbocycles. The molecule has 0 aliphatic carbocycles. The van der Waals surface area contributed by atoms with Crippen LogP contribution in [0.2, 0.25) is 0 Å². The number of nitrogens with zero attached hydrogens (tertiary/aromatic N) is 2. The normalized spacial score (nSPS) is 10.0. The van der Waals surface area contributed by atoms with Gasteiger partial charge in [0.05, 0.1) is 12.3 Å². The van der Waals surface area contributed by atoms with Crippen molar-refractivity contribution in [1.82, 2.24) is 4.98 Å². The highest BCUT2D eigenvalue weighted by atomic mass is 16.5. The third-order valence-corrected chi connectivity index (χ3v) is 1.81. The summed E-state index contributed by atoms with van der Waals surface area (Å²) in [5.74, 6) is 0.805. The Morgan fingerprint density at radius 2 is 2.38 bits per heavy atom. The number of rotatable bonds is 4. The number of nitrogens with two attached hydrogens (primary N) is 1. The van der Waals surface area contributed by atoms with Crippen molar-refractivity contribution in [2.75, 3.05) is 37.9 Å². The second-order valence-corrected chi connectivity index (χ2v) is 2.83. The lowest BCUT2D eigenvalue weighted by molar-refractivity contribution is 0.206. The van der Waals surface area contributed by atoms with Crippen LogP contribution in [0.15, 0.2) is 18.3 Å². The molecular weight excluding hydrogens is 166 g/mol. The lowest BCUT2D eigenvalue weighted by Crippen LogP contribution is -2.23. The topological polar surface area (TPSA) is 51.4 Å². The Hall–Kier alpha value is -1.29. The SMILES string of the molecule is COCCN(C)c1ncccc1N. The Morgan fingerprint density at radius 3 is 3.00 bits per heavy atom. The summed E-state index contributed by atoms with van der Waals surface area (Å²) in [6.45, 7) is 1.46. The molecule has 0 saturated carbocycles. The molecule has 2 N–H and O–H groups in total. The molecule has 0 unspecified atom stereocenters. The maximum atomic E-state index is 5.75. The van der Waals surface area contributed by atoms with Crippen molar-refractivity contribution in [1.29, 1.82) is 0 Å². The van der Waals surface area contributed by atoms with Crippen LogP contribution in [0.1, 0.15) is 0 Å². The Kier molecular flexibility index (Phi) is 3.52. The average Bonchev–Trinajstić information content (AvgIpc) is 2.15. The second kappa shape index (κ2) is 4.67. The third-order valence-electron chi connectivity index (χ3n) is 1.81. The molecule has 0 radical (unpaired) electrons. The smallest absolute Gasteiger partial charge is 0.151 e. The molecule has 4 heteroatoms. The molecule has 0 bridgehead atoms. The summed E-state index contributed by atoms with van der Waals surface area (Å²) in [6, 6.07) is 3.66. The zero-order chi connectivity index (χ0) is 9.68. The van der Waals surface area contributed by atoms with Crippen LogP contribution in [-0.4, -0.2) is 32.3 Å². The van der Waals surface area contributed by atoms with Gasteiger partial charge >= 0.3 is 0 Å². The van der Waals surface area contributed by atoms with E-state index in [2.05, 4.69) is 4.98 Å². The van der Waals surface area contributed by atoms with E-state index in [0.717, 1.165) is 12.4 Å². The molecule has 0 saturated heterocycles. The molecule has 0 fully saturated rings. The number of ether oxygens (including phenoxy) is 1. The van der Waals surface area contributed by atoms with Crippen molar-refractivity contribution in [3.63, 3.8) is 0 Å². The molecule has 1 aromatic heterocycles. The molecule has 1 rings (SSSR count). The highest BCUT2D eigenvalue weighted by Gasteiger charge is 2.04. The highest BCUT2D eigenvalue weighted by molar-refractivity contribution is 5.61. The summed E-state index contributed by atoms with van der Waals surface area (Å²) >= 11 is 0. The molecule has 4 nitrogen and oxygen atoms in total. The van der Waals surface area contributed by atoms with Crippen molar-refractivity contribution in [3.8, 4) is 0 Å². The first-order valence-electron chi connectivity index (χ1n) is 4.16. The summed E-state index contributed by atoms with van der Waals surface area (Å²) in [4.78, 5) is 6.15. The number of anilines is 2. The zero-order valence-electron chi connectivity index (χ0n) is 8.03. The van der Waals surface area contributed by atoms with Gasteiger partial charge in [-0.05, 0) is 12.1 Å². The molecule has 0 amide bonds. The second-order valence-electron chi connectivity index (χ2n) is 2.83. The lowest BCUT2D eigenvalue weighted by Gasteiger charge is -2.18. The van der Waals surface area contributed by atoms with Crippen LogP contribution in [0.25, 0.3) is 0 Å². The minimum absolute atomic E-state index is 0.673. The zero-order valence-corrected chi connectivity index (χ0v) is 8.03. The summed E-state index contributed by atoms with van der Waals surface area (Å²) in [5, 5.41) is 0. The van der Waals surface area contributed by atoms with Gasteiger partial charge in [-0.15, -0.1) is 0 Å². The fourth-order valence-corrected chi connectivity index (χ4v) is 1.06. The fourth-order valence-electron chi connectivity index (χ4n) is 1.06. The molecule has 0 spiro atoms. The molecular formula is C9H15N3O. The number of methoxy groups -OCH3 is 1. The van der Waals surface area contributed by atoms with E-state index < -0.39 is 0 Å². The summed E-state index contributed by atoms with van der Waals surface area (Å²) in [7, 11) is 3.62. The summed E-state index contributed by atoms with van der Waals surface area (Å²) in [5.41, 5.74) is 6.44. The number of pyridine rings is 1. The molecule has 0 atom stereocenters. The van der Waals surface area contributed by atoms with E-state index in [4.69, 9.17) is 10.5 Å². The van der Waals surface area contributed by atoms with Gasteiger partial charge in [0.1, 0.15) is 0 Å². The van der Waals surface area contributed by atoms with E-state index in [1.165, 1.54) is 0 Å². The number of likely N-dealkylation sites (N-methyl/N-ethyl adjacent to an activating group) is 1. The Labute approximate surface area is 78.3 Å². The van der Waals surface area contributed by atoms with Gasteiger partial charge in [-0.25, -0.2) is 4.98 Å². The van der Waals surface area contributed by atoms with Gasteiger partial charge in [-0.3, -0.25) is 0 Å². The average molecular weight is 181 g/mol. The van der Waals surface area contributed by atoms with Crippen molar-refractivity contribution in [3.05, 3.63) is 18.3 Å². The number of nitrogen functional groups attached to an aromatic ring is 1. The lowest BCUT2D eigenvalue weighted by atomic mass is 10.4. The molecule has 1 aromatic rings. The monoisotopic (exact) mass is 181 g/mol. The van der Waals surface area contributed by atoms with Crippen molar-refractivity contribution in [2.45, 2.75) is 0 Å². The van der Waals surface area contributed by atoms with Crippen LogP contribution in [0.5, 0.6) is 0 Å². The van der Waals surface area contributed by atoms with Gasteiger partial charge < -0.3 is 15.4 Å². The number of hydrogen-bond acceptors (Lipinski definition) is 4. The van der Waals surface area contributed by atoms with E-state index in [1.807, 2.05) is 24.1 Å². The van der Waals surface area contributed by atoms with Crippen molar-refractivity contribution < 1.29 is 4.74 Å². The fraction of sp³-hybridized carbons (Fsp3) is 0.444. The molecule has 72 valence electrons. The Balaban J connectivity index is 2.65. The minimum atomic E-state index is 0.673. The van der Waals surface area contributed by atoms with Crippen LogP contribution in [0.3, 0.4) is 0 Å². The largest absolute Gasteiger partial charge is 0.396 e. The van der Waals surface area contributed by atoms with Crippen LogP contribution in [0, 0.1) is 0 Å². The van der Waals surface area contributed by atoms with E-state index in [0.29, 0.717) is 12.3 Å². The van der Waals surface area contributed by atoms with Crippen LogP contribution >= 0.6 is 0 Å². The van der Waals surface area contributed by atoms with Gasteiger partial charge in [-0.2, -0.15) is 0 Å². The predicted octanol–water partition coefficient (Wildman–Crippen LogP) is 0.746. The maximum absolute atomic E-state index is 5.75. The summed E-state index contributed by atoms with van der Waals surface area (Å²) < 4.78 is 4.96. The third kappa shape index (κ3) is 2.59. The number of hydrogen-bond donors (Lipinski definition) is 1. The van der Waals surface area contributed by atoms with Gasteiger partial charge in [0, 0.05) is 26.9 Å². The van der Waals surface area contributed by atoms with E-state index in [9.17, 15) is 0 Å². The predicted molar refractivity (Wildman–Crippen MR) is 53.8 cm³/mol. The van der Waals surface area contributed by atoms with Gasteiger partial charge in [0.15, 0.2) is 5.82 Å². The molecule has 13 heavy (non-hydrogen) atoms. The van der Waals surface area contributed by atoms with Crippen molar-refractivity contribution in [2.24, 2.45) is 0 Å². The van der Waals surface area contributed by atoms with E-state index in [1.54, 1.807) is 13.3 Å². The molecule has 1 heterocycles. The first-order chi connectivity index (χ1) is 6.25. The quantitative estimate of drug-likeness (QED) is 0.744. The number of aromatic nitrogens is 1. The van der Waals surface area contributed by atoms with Crippen LogP contribution in [0.4, 0.5) is 11.5 Å². The molecule has 0 aliphatic heterocycles. The van der Waals surface area contributed by atoms with Gasteiger partial charge in [-0.1, -0.05) is 0 Å². The highest BCUT2D eigenvalue weighted by Crippen LogP contribution is 2.16. The molecule has 0 aliphatic rings. The minimum Gasteiger partial charge on any atom is -0.396 e. The van der Waals surface area contributed by atoms with Crippen LogP contribution in [-0.2, 0) is 4.74 Å². The maximum Gasteiger partial charge on any atom is 0.151 e. The van der Waals surface area contributed by atoms with Crippen molar-refractivity contribution >= 4 is 11.5 Å². The van der Waals surface area contributed by atoms with Gasteiger partial charge in [0.2, 0.25) is 0 Å². The standard InChI is InChI=1S/C9H15N3O/c1-12(6-7-13-2)9-8(10)4-3-5-11-9/h3-5H,6-7,10H2,1-2H3.